The van der Waals surface area contributed by atoms with Gasteiger partial charge >= 0.3 is 11.9 Å². The molecule has 0 atom stereocenters. The summed E-state index contributed by atoms with van der Waals surface area (Å²) in [4.78, 5) is 33.9. The van der Waals surface area contributed by atoms with Gasteiger partial charge in [0.25, 0.3) is 0 Å². The SMILES string of the molecule is CCCCCC/C(=N\OC(C)=O)c1cn(-c2ccc(/C(=N/OC(C)=O)c3cccs3)cc2)c2ccc(Cl)cc12. The van der Waals surface area contributed by atoms with Crippen molar-refractivity contribution in [2.45, 2.75) is 52.9 Å². The Labute approximate surface area is 236 Å². The summed E-state index contributed by atoms with van der Waals surface area (Å²) in [6.07, 6.45) is 6.94. The molecule has 4 aromatic rings. The van der Waals surface area contributed by atoms with Crippen molar-refractivity contribution in [1.29, 1.82) is 0 Å². The number of halogens is 1. The average Bonchev–Trinajstić information content (AvgIpc) is 3.57. The minimum Gasteiger partial charge on any atom is -0.318 e. The van der Waals surface area contributed by atoms with Crippen LogP contribution in [0.1, 0.15) is 68.9 Å². The molecule has 0 bridgehead atoms. The van der Waals surface area contributed by atoms with Crippen molar-refractivity contribution in [3.63, 3.8) is 0 Å². The van der Waals surface area contributed by atoms with Gasteiger partial charge in [-0.05, 0) is 54.6 Å². The molecule has 0 aliphatic rings. The van der Waals surface area contributed by atoms with E-state index in [9.17, 15) is 9.59 Å². The first-order valence-electron chi connectivity index (χ1n) is 12.8. The molecule has 0 unspecified atom stereocenters. The van der Waals surface area contributed by atoms with Crippen LogP contribution in [0.3, 0.4) is 0 Å². The van der Waals surface area contributed by atoms with E-state index < -0.39 is 11.9 Å². The Hall–Kier alpha value is -3.75. The van der Waals surface area contributed by atoms with Crippen LogP contribution < -0.4 is 0 Å². The molecule has 2 aromatic heterocycles. The van der Waals surface area contributed by atoms with Gasteiger partial charge in [0.2, 0.25) is 0 Å². The van der Waals surface area contributed by atoms with Crippen molar-refractivity contribution in [2.24, 2.45) is 10.3 Å². The van der Waals surface area contributed by atoms with Gasteiger partial charge in [0, 0.05) is 47.3 Å². The van der Waals surface area contributed by atoms with E-state index in [0.29, 0.717) is 22.9 Å². The highest BCUT2D eigenvalue weighted by Crippen LogP contribution is 2.30. The number of oxime groups is 2. The maximum Gasteiger partial charge on any atom is 0.332 e. The second-order valence-electron chi connectivity index (χ2n) is 9.05. The number of unbranched alkanes of at least 4 members (excludes halogenated alkanes) is 3. The van der Waals surface area contributed by atoms with Gasteiger partial charge in [-0.1, -0.05) is 66.3 Å². The van der Waals surface area contributed by atoms with Crippen LogP contribution in [0, 0.1) is 0 Å². The minimum atomic E-state index is -0.480. The van der Waals surface area contributed by atoms with Gasteiger partial charge < -0.3 is 14.2 Å². The van der Waals surface area contributed by atoms with E-state index in [1.165, 1.54) is 25.2 Å². The lowest BCUT2D eigenvalue weighted by molar-refractivity contribution is -0.141. The van der Waals surface area contributed by atoms with Crippen molar-refractivity contribution in [2.75, 3.05) is 0 Å². The molecule has 0 N–H and O–H groups in total. The molecule has 0 aliphatic carbocycles. The normalized spacial score (nSPS) is 12.1. The van der Waals surface area contributed by atoms with Gasteiger partial charge in [-0.2, -0.15) is 0 Å². The first kappa shape index (κ1) is 28.3. The molecule has 2 aromatic carbocycles. The Morgan fingerprint density at radius 3 is 2.36 bits per heavy atom. The summed E-state index contributed by atoms with van der Waals surface area (Å²) in [5.74, 6) is -0.943. The zero-order chi connectivity index (χ0) is 27.8. The topological polar surface area (TPSA) is 82.2 Å². The lowest BCUT2D eigenvalue weighted by Crippen LogP contribution is -2.05. The molecule has 4 rings (SSSR count). The fourth-order valence-corrected chi connectivity index (χ4v) is 5.16. The maximum absolute atomic E-state index is 11.6. The lowest BCUT2D eigenvalue weighted by Gasteiger charge is -2.08. The van der Waals surface area contributed by atoms with Crippen molar-refractivity contribution in [1.82, 2.24) is 4.57 Å². The smallest absolute Gasteiger partial charge is 0.318 e. The number of aromatic nitrogens is 1. The molecule has 202 valence electrons. The molecule has 0 aliphatic heterocycles. The summed E-state index contributed by atoms with van der Waals surface area (Å²) in [6, 6.07) is 17.4. The van der Waals surface area contributed by atoms with Crippen molar-refractivity contribution in [3.8, 4) is 5.69 Å². The number of carbonyl (C=O) groups is 2. The van der Waals surface area contributed by atoms with E-state index in [-0.39, 0.29) is 0 Å². The first-order valence-corrected chi connectivity index (χ1v) is 14.1. The Balaban J connectivity index is 1.75. The largest absolute Gasteiger partial charge is 0.332 e. The molecule has 2 heterocycles. The van der Waals surface area contributed by atoms with E-state index in [4.69, 9.17) is 21.3 Å². The molecular weight excluding hydrogens is 534 g/mol. The molecule has 0 fully saturated rings. The van der Waals surface area contributed by atoms with Gasteiger partial charge in [0.15, 0.2) is 0 Å². The molecule has 0 radical (unpaired) electrons. The minimum absolute atomic E-state index is 0.463. The molecule has 39 heavy (non-hydrogen) atoms. The second kappa shape index (κ2) is 13.4. The summed E-state index contributed by atoms with van der Waals surface area (Å²) in [5.41, 5.74) is 4.82. The Bertz CT molecular complexity index is 1510. The summed E-state index contributed by atoms with van der Waals surface area (Å²) >= 11 is 7.91. The highest BCUT2D eigenvalue weighted by Gasteiger charge is 2.17. The van der Waals surface area contributed by atoms with Crippen LogP contribution in [-0.4, -0.2) is 27.9 Å². The summed E-state index contributed by atoms with van der Waals surface area (Å²) in [7, 11) is 0. The number of nitrogens with zero attached hydrogens (tertiary/aromatic N) is 3. The van der Waals surface area contributed by atoms with E-state index in [1.807, 2.05) is 66.2 Å². The zero-order valence-corrected chi connectivity index (χ0v) is 23.7. The third kappa shape index (κ3) is 7.22. The van der Waals surface area contributed by atoms with Gasteiger partial charge in [0.1, 0.15) is 5.71 Å². The maximum atomic E-state index is 11.6. The molecule has 7 nitrogen and oxygen atoms in total. The highest BCUT2D eigenvalue weighted by molar-refractivity contribution is 7.12. The first-order chi connectivity index (χ1) is 18.9. The fourth-order valence-electron chi connectivity index (χ4n) is 4.26. The van der Waals surface area contributed by atoms with Crippen LogP contribution in [0.25, 0.3) is 16.6 Å². The van der Waals surface area contributed by atoms with E-state index in [1.54, 1.807) is 0 Å². The number of rotatable bonds is 11. The Kier molecular flexibility index (Phi) is 9.68. The summed E-state index contributed by atoms with van der Waals surface area (Å²) in [5, 5.41) is 11.8. The molecule has 0 saturated carbocycles. The quantitative estimate of drug-likeness (QED) is 0.0803. The number of thiophene rings is 1. The van der Waals surface area contributed by atoms with Crippen LogP contribution in [0.5, 0.6) is 0 Å². The molecule has 0 saturated heterocycles. The molecule has 0 spiro atoms. The number of carbonyl (C=O) groups excluding carboxylic acids is 2. The third-order valence-electron chi connectivity index (χ3n) is 6.07. The third-order valence-corrected chi connectivity index (χ3v) is 7.18. The van der Waals surface area contributed by atoms with Crippen molar-refractivity contribution < 1.29 is 19.3 Å². The predicted molar refractivity (Wildman–Crippen MR) is 157 cm³/mol. The van der Waals surface area contributed by atoms with E-state index >= 15 is 0 Å². The zero-order valence-electron chi connectivity index (χ0n) is 22.1. The van der Waals surface area contributed by atoms with Crippen LogP contribution in [-0.2, 0) is 19.3 Å². The number of hydrogen-bond donors (Lipinski definition) is 0. The van der Waals surface area contributed by atoms with Crippen LogP contribution in [0.4, 0.5) is 0 Å². The van der Waals surface area contributed by atoms with Crippen LogP contribution in [0.15, 0.2) is 76.5 Å². The van der Waals surface area contributed by atoms with Crippen LogP contribution >= 0.6 is 22.9 Å². The predicted octanol–water partition coefficient (Wildman–Crippen LogP) is 7.90. The standard InChI is InChI=1S/C30H30ClN3O4S/c1-4-5-6-7-9-27(32-37-20(2)35)26-19-34(28-16-13-23(31)18-25(26)28)24-14-11-22(12-15-24)30(33-38-21(3)36)29-10-8-17-39-29/h8,10-19H,4-7,9H2,1-3H3/b32-27+,33-30-. The van der Waals surface area contributed by atoms with Gasteiger partial charge in [0.05, 0.1) is 16.1 Å². The average molecular weight is 564 g/mol. The molecule has 0 amide bonds. The lowest BCUT2D eigenvalue weighted by atomic mass is 10.0. The fraction of sp³-hybridized carbons (Fsp3) is 0.267. The van der Waals surface area contributed by atoms with Gasteiger partial charge in [-0.3, -0.25) is 0 Å². The molecular formula is C30H30ClN3O4S. The second-order valence-corrected chi connectivity index (χ2v) is 10.4. The van der Waals surface area contributed by atoms with Gasteiger partial charge in [-0.15, -0.1) is 11.3 Å². The van der Waals surface area contributed by atoms with E-state index in [0.717, 1.165) is 58.3 Å². The highest BCUT2D eigenvalue weighted by atomic mass is 35.5. The Morgan fingerprint density at radius 2 is 1.69 bits per heavy atom. The summed E-state index contributed by atoms with van der Waals surface area (Å²) < 4.78 is 2.06. The number of fused-ring (bicyclic) bond motifs is 1. The monoisotopic (exact) mass is 563 g/mol. The van der Waals surface area contributed by atoms with Crippen molar-refractivity contribution >= 4 is 57.2 Å². The summed E-state index contributed by atoms with van der Waals surface area (Å²) in [6.45, 7) is 4.83. The number of benzene rings is 2. The van der Waals surface area contributed by atoms with Crippen molar-refractivity contribution in [3.05, 3.63) is 87.2 Å². The Morgan fingerprint density at radius 1 is 0.949 bits per heavy atom. The van der Waals surface area contributed by atoms with E-state index in [2.05, 4.69) is 21.8 Å². The van der Waals surface area contributed by atoms with Gasteiger partial charge in [-0.25, -0.2) is 9.59 Å². The van der Waals surface area contributed by atoms with Crippen LogP contribution in [0.2, 0.25) is 5.02 Å². The number of hydrogen-bond acceptors (Lipinski definition) is 7. The molecule has 9 heteroatoms.